The first kappa shape index (κ1) is 16.0. The van der Waals surface area contributed by atoms with Gasteiger partial charge in [0.15, 0.2) is 0 Å². The first-order valence-electron chi connectivity index (χ1n) is 8.20. The number of hydrogen-bond acceptors (Lipinski definition) is 3. The van der Waals surface area contributed by atoms with Crippen LogP contribution in [0.4, 0.5) is 10.1 Å². The van der Waals surface area contributed by atoms with E-state index < -0.39 is 0 Å². The Hall–Kier alpha value is -2.53. The normalized spacial score (nSPS) is 13.1. The molecule has 3 nitrogen and oxygen atoms in total. The molecule has 0 saturated heterocycles. The summed E-state index contributed by atoms with van der Waals surface area (Å²) in [6.45, 7) is 2.69. The van der Waals surface area contributed by atoms with Crippen LogP contribution < -0.4 is 4.90 Å². The van der Waals surface area contributed by atoms with Gasteiger partial charge in [-0.1, -0.05) is 18.2 Å². The topological polar surface area (TPSA) is 33.2 Å². The number of aryl methyl sites for hydroxylation is 1. The second kappa shape index (κ2) is 6.41. The summed E-state index contributed by atoms with van der Waals surface area (Å²) in [7, 11) is 0. The molecule has 1 aromatic heterocycles. The number of hydrogen-bond donors (Lipinski definition) is 0. The Morgan fingerprint density at radius 3 is 2.76 bits per heavy atom. The van der Waals surface area contributed by atoms with Crippen LogP contribution in [0, 0.1) is 12.7 Å². The van der Waals surface area contributed by atoms with Crippen LogP contribution in [-0.4, -0.2) is 17.4 Å². The van der Waals surface area contributed by atoms with Crippen molar-refractivity contribution in [1.82, 2.24) is 4.98 Å². The van der Waals surface area contributed by atoms with Gasteiger partial charge in [0.2, 0.25) is 5.91 Å². The summed E-state index contributed by atoms with van der Waals surface area (Å²) in [6.07, 6.45) is 1.13. The molecule has 4 rings (SSSR count). The molecule has 0 N–H and O–H groups in total. The SMILES string of the molecule is Cc1nc(-c2ccc3c(c2)CCN3C(=O)Cc2ccc(F)cc2)cs1. The second-order valence-electron chi connectivity index (χ2n) is 6.19. The van der Waals surface area contributed by atoms with E-state index in [-0.39, 0.29) is 18.1 Å². The van der Waals surface area contributed by atoms with E-state index in [1.54, 1.807) is 23.5 Å². The molecule has 1 aliphatic heterocycles. The highest BCUT2D eigenvalue weighted by molar-refractivity contribution is 7.09. The fourth-order valence-electron chi connectivity index (χ4n) is 3.19. The van der Waals surface area contributed by atoms with Gasteiger partial charge in [-0.3, -0.25) is 4.79 Å². The molecule has 0 spiro atoms. The van der Waals surface area contributed by atoms with Crippen molar-refractivity contribution < 1.29 is 9.18 Å². The number of thiazole rings is 1. The van der Waals surface area contributed by atoms with Crippen molar-refractivity contribution in [2.45, 2.75) is 19.8 Å². The molecule has 1 aliphatic rings. The Morgan fingerprint density at radius 2 is 2.04 bits per heavy atom. The van der Waals surface area contributed by atoms with Gasteiger partial charge in [0.1, 0.15) is 5.82 Å². The van der Waals surface area contributed by atoms with Gasteiger partial charge in [-0.05, 0) is 48.7 Å². The van der Waals surface area contributed by atoms with E-state index in [0.717, 1.165) is 33.9 Å². The molecule has 0 atom stereocenters. The third kappa shape index (κ3) is 3.20. The van der Waals surface area contributed by atoms with Crippen molar-refractivity contribution in [3.63, 3.8) is 0 Å². The molecule has 1 amide bonds. The molecule has 2 heterocycles. The summed E-state index contributed by atoms with van der Waals surface area (Å²) >= 11 is 1.64. The molecular weight excluding hydrogens is 335 g/mol. The Morgan fingerprint density at radius 1 is 1.24 bits per heavy atom. The molecule has 0 bridgehead atoms. The number of aromatic nitrogens is 1. The zero-order valence-electron chi connectivity index (χ0n) is 13.8. The number of rotatable bonds is 3. The van der Waals surface area contributed by atoms with E-state index >= 15 is 0 Å². The standard InChI is InChI=1S/C20H17FN2OS/c1-13-22-18(12-25-13)15-4-7-19-16(11-15)8-9-23(19)20(24)10-14-2-5-17(21)6-3-14/h2-7,11-12H,8-10H2,1H3. The van der Waals surface area contributed by atoms with Crippen molar-refractivity contribution >= 4 is 22.9 Å². The molecule has 0 saturated carbocycles. The minimum Gasteiger partial charge on any atom is -0.312 e. The molecule has 2 aromatic carbocycles. The second-order valence-corrected chi connectivity index (χ2v) is 7.26. The first-order valence-corrected chi connectivity index (χ1v) is 9.08. The Labute approximate surface area is 149 Å². The summed E-state index contributed by atoms with van der Waals surface area (Å²) in [5.41, 5.74) is 5.06. The van der Waals surface area contributed by atoms with Gasteiger partial charge in [-0.2, -0.15) is 0 Å². The number of carbonyl (C=O) groups excluding carboxylic acids is 1. The fraction of sp³-hybridized carbons (Fsp3) is 0.200. The minimum atomic E-state index is -0.285. The number of halogens is 1. The van der Waals surface area contributed by atoms with E-state index in [1.165, 1.54) is 17.7 Å². The average Bonchev–Trinajstić information content (AvgIpc) is 3.22. The van der Waals surface area contributed by atoms with Crippen LogP contribution in [-0.2, 0) is 17.6 Å². The quantitative estimate of drug-likeness (QED) is 0.700. The van der Waals surface area contributed by atoms with E-state index in [9.17, 15) is 9.18 Å². The van der Waals surface area contributed by atoms with E-state index in [4.69, 9.17) is 0 Å². The van der Waals surface area contributed by atoms with Crippen molar-refractivity contribution in [3.05, 3.63) is 69.8 Å². The van der Waals surface area contributed by atoms with Crippen LogP contribution in [0.1, 0.15) is 16.1 Å². The third-order valence-corrected chi connectivity index (χ3v) is 5.23. The van der Waals surface area contributed by atoms with Crippen molar-refractivity contribution in [2.24, 2.45) is 0 Å². The van der Waals surface area contributed by atoms with Crippen LogP contribution in [0.15, 0.2) is 47.8 Å². The number of nitrogens with zero attached hydrogens (tertiary/aromatic N) is 2. The average molecular weight is 352 g/mol. The van der Waals surface area contributed by atoms with E-state index in [1.807, 2.05) is 24.0 Å². The lowest BCUT2D eigenvalue weighted by molar-refractivity contribution is -0.117. The minimum absolute atomic E-state index is 0.0441. The molecule has 0 unspecified atom stereocenters. The molecule has 5 heteroatoms. The molecule has 0 fully saturated rings. The van der Waals surface area contributed by atoms with E-state index in [2.05, 4.69) is 16.4 Å². The zero-order chi connectivity index (χ0) is 17.4. The van der Waals surface area contributed by atoms with Crippen molar-refractivity contribution in [1.29, 1.82) is 0 Å². The number of carbonyl (C=O) groups is 1. The lowest BCUT2D eigenvalue weighted by Crippen LogP contribution is -2.30. The van der Waals surface area contributed by atoms with Gasteiger partial charge >= 0.3 is 0 Å². The Balaban J connectivity index is 1.55. The van der Waals surface area contributed by atoms with Gasteiger partial charge in [0.05, 0.1) is 17.1 Å². The number of amides is 1. The van der Waals surface area contributed by atoms with Crippen LogP contribution >= 0.6 is 11.3 Å². The van der Waals surface area contributed by atoms with Crippen LogP contribution in [0.5, 0.6) is 0 Å². The number of anilines is 1. The Kier molecular flexibility index (Phi) is 4.09. The number of benzene rings is 2. The maximum Gasteiger partial charge on any atom is 0.231 e. The Bertz CT molecular complexity index is 933. The molecule has 0 aliphatic carbocycles. The maximum atomic E-state index is 13.0. The third-order valence-electron chi connectivity index (χ3n) is 4.46. The van der Waals surface area contributed by atoms with E-state index in [0.29, 0.717) is 6.54 Å². The summed E-state index contributed by atoms with van der Waals surface area (Å²) in [6, 6.07) is 12.3. The highest BCUT2D eigenvalue weighted by atomic mass is 32.1. The van der Waals surface area contributed by atoms with Gasteiger partial charge in [0, 0.05) is 23.2 Å². The van der Waals surface area contributed by atoms with Crippen molar-refractivity contribution in [3.8, 4) is 11.3 Å². The van der Waals surface area contributed by atoms with Crippen LogP contribution in [0.25, 0.3) is 11.3 Å². The summed E-state index contributed by atoms with van der Waals surface area (Å²) in [5.74, 6) is -0.241. The summed E-state index contributed by atoms with van der Waals surface area (Å²) < 4.78 is 13.0. The smallest absolute Gasteiger partial charge is 0.231 e. The van der Waals surface area contributed by atoms with Gasteiger partial charge in [-0.15, -0.1) is 11.3 Å². The van der Waals surface area contributed by atoms with Crippen LogP contribution in [0.2, 0.25) is 0 Å². The summed E-state index contributed by atoms with van der Waals surface area (Å²) in [4.78, 5) is 19.0. The molecule has 3 aromatic rings. The zero-order valence-corrected chi connectivity index (χ0v) is 14.6. The van der Waals surface area contributed by atoms with Gasteiger partial charge < -0.3 is 4.90 Å². The van der Waals surface area contributed by atoms with Crippen LogP contribution in [0.3, 0.4) is 0 Å². The predicted molar refractivity (Wildman–Crippen MR) is 98.4 cm³/mol. The molecule has 126 valence electrons. The molecule has 25 heavy (non-hydrogen) atoms. The molecule has 0 radical (unpaired) electrons. The first-order chi connectivity index (χ1) is 12.1. The lowest BCUT2D eigenvalue weighted by Gasteiger charge is -2.17. The fourth-order valence-corrected chi connectivity index (χ4v) is 3.81. The van der Waals surface area contributed by atoms with Gasteiger partial charge in [-0.25, -0.2) is 9.37 Å². The van der Waals surface area contributed by atoms with Crippen molar-refractivity contribution in [2.75, 3.05) is 11.4 Å². The summed E-state index contributed by atoms with van der Waals surface area (Å²) in [5, 5.41) is 3.11. The monoisotopic (exact) mass is 352 g/mol. The number of fused-ring (bicyclic) bond motifs is 1. The highest BCUT2D eigenvalue weighted by Gasteiger charge is 2.25. The molecular formula is C20H17FN2OS. The maximum absolute atomic E-state index is 13.0. The largest absolute Gasteiger partial charge is 0.312 e. The predicted octanol–water partition coefficient (Wildman–Crippen LogP) is 4.39. The van der Waals surface area contributed by atoms with Gasteiger partial charge in [0.25, 0.3) is 0 Å². The highest BCUT2D eigenvalue weighted by Crippen LogP contribution is 2.33. The lowest BCUT2D eigenvalue weighted by atomic mass is 10.1.